The maximum Gasteiger partial charge on any atom is 0.433 e. The number of nitrogens with zero attached hydrogens (tertiary/aromatic N) is 3. The van der Waals surface area contributed by atoms with Gasteiger partial charge in [0.05, 0.1) is 9.82 Å². The van der Waals surface area contributed by atoms with Crippen LogP contribution in [0.3, 0.4) is 0 Å². The minimum absolute atomic E-state index is 0.0710. The molecule has 0 aliphatic heterocycles. The smallest absolute Gasteiger partial charge is 0.298 e. The molecule has 0 N–H and O–H groups in total. The van der Waals surface area contributed by atoms with Crippen molar-refractivity contribution in [3.63, 3.8) is 0 Å². The lowest BCUT2D eigenvalue weighted by Crippen LogP contribution is -2.14. The molecule has 1 aliphatic carbocycles. The van der Waals surface area contributed by atoms with Crippen molar-refractivity contribution < 1.29 is 22.9 Å². The van der Waals surface area contributed by atoms with Crippen molar-refractivity contribution >= 4 is 23.7 Å². The van der Waals surface area contributed by atoms with Gasteiger partial charge in [0, 0.05) is 22.9 Å². The van der Waals surface area contributed by atoms with Crippen molar-refractivity contribution in [3.8, 4) is 0 Å². The number of nitro groups is 1. The van der Waals surface area contributed by atoms with E-state index in [1.165, 1.54) is 12.1 Å². The van der Waals surface area contributed by atoms with Crippen molar-refractivity contribution in [1.82, 2.24) is 9.97 Å². The molecule has 10 heteroatoms. The van der Waals surface area contributed by atoms with E-state index in [0.29, 0.717) is 36.6 Å². The number of hydrogen-bond acceptors (Lipinski definition) is 6. The van der Waals surface area contributed by atoms with E-state index in [1.54, 1.807) is 0 Å². The van der Waals surface area contributed by atoms with Crippen LogP contribution in [-0.4, -0.2) is 21.2 Å². The summed E-state index contributed by atoms with van der Waals surface area (Å²) in [6.07, 6.45) is -2.91. The highest BCUT2D eigenvalue weighted by molar-refractivity contribution is 7.99. The van der Waals surface area contributed by atoms with Gasteiger partial charge in [0.1, 0.15) is 6.29 Å². The largest absolute Gasteiger partial charge is 0.433 e. The number of hydrogen-bond donors (Lipinski definition) is 0. The molecule has 3 rings (SSSR count). The standard InChI is InChI=1S/C15H10F3N3O3S/c16-15(17,18)13-9-2-1-3-10(9)19-14(20-13)25-12-5-4-8(7-22)6-11(12)21(23)24/h4-7H,1-3H2. The molecule has 0 spiro atoms. The monoisotopic (exact) mass is 369 g/mol. The first-order valence-corrected chi connectivity index (χ1v) is 7.99. The summed E-state index contributed by atoms with van der Waals surface area (Å²) >= 11 is 0.678. The number of benzene rings is 1. The Hall–Kier alpha value is -2.49. The first-order chi connectivity index (χ1) is 11.8. The Morgan fingerprint density at radius 3 is 2.64 bits per heavy atom. The number of aromatic nitrogens is 2. The highest BCUT2D eigenvalue weighted by Crippen LogP contribution is 2.39. The van der Waals surface area contributed by atoms with Gasteiger partial charge in [-0.15, -0.1) is 0 Å². The molecule has 130 valence electrons. The number of carbonyl (C=O) groups excluding carboxylic acids is 1. The fourth-order valence-electron chi connectivity index (χ4n) is 2.62. The molecule has 0 radical (unpaired) electrons. The number of aldehydes is 1. The predicted octanol–water partition coefficient (Wildman–Crippen LogP) is 3.86. The van der Waals surface area contributed by atoms with Crippen molar-refractivity contribution in [2.45, 2.75) is 35.5 Å². The van der Waals surface area contributed by atoms with E-state index >= 15 is 0 Å². The van der Waals surface area contributed by atoms with E-state index in [-0.39, 0.29) is 33.3 Å². The van der Waals surface area contributed by atoms with Crippen LogP contribution in [0.5, 0.6) is 0 Å². The maximum absolute atomic E-state index is 13.2. The quantitative estimate of drug-likeness (QED) is 0.352. The average Bonchev–Trinajstić information content (AvgIpc) is 3.01. The number of halogens is 3. The summed E-state index contributed by atoms with van der Waals surface area (Å²) in [4.78, 5) is 29.0. The minimum atomic E-state index is -4.61. The second-order valence-electron chi connectivity index (χ2n) is 5.34. The van der Waals surface area contributed by atoms with Gasteiger partial charge in [0.2, 0.25) is 0 Å². The average molecular weight is 369 g/mol. The van der Waals surface area contributed by atoms with Crippen LogP contribution in [-0.2, 0) is 19.0 Å². The summed E-state index contributed by atoms with van der Waals surface area (Å²) in [5.41, 5.74) is -0.835. The fourth-order valence-corrected chi connectivity index (χ4v) is 3.49. The van der Waals surface area contributed by atoms with Crippen LogP contribution in [0.4, 0.5) is 18.9 Å². The molecule has 0 fully saturated rings. The molecule has 6 nitrogen and oxygen atoms in total. The number of rotatable bonds is 4. The summed E-state index contributed by atoms with van der Waals surface area (Å²) < 4.78 is 39.7. The molecular formula is C15H10F3N3O3S. The summed E-state index contributed by atoms with van der Waals surface area (Å²) in [6.45, 7) is 0. The van der Waals surface area contributed by atoms with Crippen LogP contribution in [0.25, 0.3) is 0 Å². The molecule has 0 saturated carbocycles. The summed E-state index contributed by atoms with van der Waals surface area (Å²) in [6, 6.07) is 3.71. The topological polar surface area (TPSA) is 86.0 Å². The number of fused-ring (bicyclic) bond motifs is 1. The molecule has 0 atom stereocenters. The van der Waals surface area contributed by atoms with Gasteiger partial charge in [-0.05, 0) is 37.1 Å². The first-order valence-electron chi connectivity index (χ1n) is 7.18. The van der Waals surface area contributed by atoms with Gasteiger partial charge in [-0.3, -0.25) is 14.9 Å². The Bertz CT molecular complexity index is 871. The molecule has 0 bridgehead atoms. The van der Waals surface area contributed by atoms with Crippen LogP contribution < -0.4 is 0 Å². The molecule has 0 saturated heterocycles. The molecule has 0 amide bonds. The normalized spacial score (nSPS) is 13.6. The van der Waals surface area contributed by atoms with Gasteiger partial charge in [-0.2, -0.15) is 13.2 Å². The zero-order chi connectivity index (χ0) is 18.2. The van der Waals surface area contributed by atoms with Crippen LogP contribution in [0.2, 0.25) is 0 Å². The fraction of sp³-hybridized carbons (Fsp3) is 0.267. The molecule has 1 aromatic carbocycles. The van der Waals surface area contributed by atoms with Crippen molar-refractivity contribution in [1.29, 1.82) is 0 Å². The number of aryl methyl sites for hydroxylation is 1. The zero-order valence-corrected chi connectivity index (χ0v) is 13.4. The van der Waals surface area contributed by atoms with Crippen LogP contribution in [0, 0.1) is 10.1 Å². The third-order valence-corrected chi connectivity index (χ3v) is 4.63. The van der Waals surface area contributed by atoms with Crippen molar-refractivity contribution in [2.75, 3.05) is 0 Å². The lowest BCUT2D eigenvalue weighted by molar-refractivity contribution is -0.387. The molecule has 1 aliphatic rings. The third-order valence-electron chi connectivity index (χ3n) is 3.70. The lowest BCUT2D eigenvalue weighted by atomic mass is 10.2. The SMILES string of the molecule is O=Cc1ccc(Sc2nc3c(c(C(F)(F)F)n2)CCC3)c([N+](=O)[O-])c1. The minimum Gasteiger partial charge on any atom is -0.298 e. The van der Waals surface area contributed by atoms with Gasteiger partial charge < -0.3 is 0 Å². The number of carbonyl (C=O) groups is 1. The molecule has 0 unspecified atom stereocenters. The Morgan fingerprint density at radius 1 is 1.24 bits per heavy atom. The Morgan fingerprint density at radius 2 is 2.00 bits per heavy atom. The van der Waals surface area contributed by atoms with Gasteiger partial charge in [0.15, 0.2) is 10.9 Å². The summed E-state index contributed by atoms with van der Waals surface area (Å²) in [5.74, 6) is 0. The number of nitro benzene ring substituents is 1. The summed E-state index contributed by atoms with van der Waals surface area (Å²) in [7, 11) is 0. The maximum atomic E-state index is 13.2. The Labute approximate surface area is 143 Å². The highest BCUT2D eigenvalue weighted by Gasteiger charge is 2.38. The molecule has 1 heterocycles. The molecule has 2 aromatic rings. The van der Waals surface area contributed by atoms with E-state index in [4.69, 9.17) is 0 Å². The number of alkyl halides is 3. The van der Waals surface area contributed by atoms with E-state index in [9.17, 15) is 28.1 Å². The Balaban J connectivity index is 2.05. The van der Waals surface area contributed by atoms with E-state index in [1.807, 2.05) is 0 Å². The van der Waals surface area contributed by atoms with E-state index < -0.39 is 16.8 Å². The predicted molar refractivity (Wildman–Crippen MR) is 81.7 cm³/mol. The van der Waals surface area contributed by atoms with Gasteiger partial charge in [-0.1, -0.05) is 6.07 Å². The van der Waals surface area contributed by atoms with Crippen molar-refractivity contribution in [3.05, 3.63) is 50.8 Å². The zero-order valence-electron chi connectivity index (χ0n) is 12.5. The second kappa shape index (κ2) is 6.43. The van der Waals surface area contributed by atoms with E-state index in [2.05, 4.69) is 9.97 Å². The van der Waals surface area contributed by atoms with Crippen LogP contribution in [0.15, 0.2) is 28.3 Å². The van der Waals surface area contributed by atoms with Gasteiger partial charge >= 0.3 is 6.18 Å². The lowest BCUT2D eigenvalue weighted by Gasteiger charge is -2.12. The van der Waals surface area contributed by atoms with E-state index in [0.717, 1.165) is 6.07 Å². The van der Waals surface area contributed by atoms with Crippen molar-refractivity contribution in [2.24, 2.45) is 0 Å². The van der Waals surface area contributed by atoms with Crippen LogP contribution in [0.1, 0.15) is 33.7 Å². The molecule has 25 heavy (non-hydrogen) atoms. The second-order valence-corrected chi connectivity index (χ2v) is 6.34. The van der Waals surface area contributed by atoms with Gasteiger partial charge in [-0.25, -0.2) is 9.97 Å². The highest BCUT2D eigenvalue weighted by atomic mass is 32.2. The van der Waals surface area contributed by atoms with Crippen LogP contribution >= 0.6 is 11.8 Å². The first kappa shape index (κ1) is 17.3. The molecular weight excluding hydrogens is 359 g/mol. The third kappa shape index (κ3) is 3.48. The molecule has 1 aromatic heterocycles. The van der Waals surface area contributed by atoms with Gasteiger partial charge in [0.25, 0.3) is 5.69 Å². The Kier molecular flexibility index (Phi) is 4.46. The summed E-state index contributed by atoms with van der Waals surface area (Å²) in [5, 5.41) is 10.9.